The SMILES string of the molecule is CCCCCCCC/C=C/CCCCCCOCC(C)CCCC(C)CC. The van der Waals surface area contributed by atoms with Crippen LogP contribution in [0, 0.1) is 11.8 Å². The predicted molar refractivity (Wildman–Crippen MR) is 124 cm³/mol. The van der Waals surface area contributed by atoms with Gasteiger partial charge in [-0.2, -0.15) is 0 Å². The third-order valence-corrected chi connectivity index (χ3v) is 5.79. The van der Waals surface area contributed by atoms with Crippen LogP contribution in [0.5, 0.6) is 0 Å². The van der Waals surface area contributed by atoms with Crippen LogP contribution < -0.4 is 0 Å². The Morgan fingerprint density at radius 3 is 1.81 bits per heavy atom. The van der Waals surface area contributed by atoms with Crippen molar-refractivity contribution in [3.05, 3.63) is 12.2 Å². The lowest BCUT2D eigenvalue weighted by molar-refractivity contribution is 0.0973. The van der Waals surface area contributed by atoms with E-state index in [0.717, 1.165) is 25.0 Å². The molecule has 2 unspecified atom stereocenters. The fourth-order valence-corrected chi connectivity index (χ4v) is 3.48. The van der Waals surface area contributed by atoms with E-state index >= 15 is 0 Å². The van der Waals surface area contributed by atoms with Crippen molar-refractivity contribution < 1.29 is 4.74 Å². The molecule has 0 N–H and O–H groups in total. The Kier molecular flexibility index (Phi) is 21.7. The number of ether oxygens (including phenoxy) is 1. The van der Waals surface area contributed by atoms with E-state index in [1.54, 1.807) is 0 Å². The van der Waals surface area contributed by atoms with Gasteiger partial charge < -0.3 is 4.74 Å². The van der Waals surface area contributed by atoms with E-state index in [1.165, 1.54) is 103 Å². The van der Waals surface area contributed by atoms with E-state index in [0.29, 0.717) is 0 Å². The van der Waals surface area contributed by atoms with Gasteiger partial charge in [0.25, 0.3) is 0 Å². The number of unbranched alkanes of at least 4 members (excludes halogenated alkanes) is 10. The van der Waals surface area contributed by atoms with Crippen molar-refractivity contribution in [2.45, 2.75) is 130 Å². The lowest BCUT2D eigenvalue weighted by Crippen LogP contribution is -2.07. The molecule has 0 amide bonds. The molecule has 0 aliphatic heterocycles. The lowest BCUT2D eigenvalue weighted by atomic mass is 9.97. The van der Waals surface area contributed by atoms with E-state index in [4.69, 9.17) is 4.74 Å². The first-order valence-electron chi connectivity index (χ1n) is 12.4. The fourth-order valence-electron chi connectivity index (χ4n) is 3.48. The molecule has 2 atom stereocenters. The second-order valence-electron chi connectivity index (χ2n) is 8.86. The maximum absolute atomic E-state index is 5.87. The van der Waals surface area contributed by atoms with Crippen molar-refractivity contribution in [2.75, 3.05) is 13.2 Å². The normalized spacial score (nSPS) is 14.1. The molecule has 27 heavy (non-hydrogen) atoms. The summed E-state index contributed by atoms with van der Waals surface area (Å²) in [5.74, 6) is 1.62. The summed E-state index contributed by atoms with van der Waals surface area (Å²) in [6.07, 6.45) is 26.5. The number of hydrogen-bond acceptors (Lipinski definition) is 1. The fraction of sp³-hybridized carbons (Fsp3) is 0.923. The van der Waals surface area contributed by atoms with Gasteiger partial charge in [0.05, 0.1) is 0 Å². The summed E-state index contributed by atoms with van der Waals surface area (Å²) in [7, 11) is 0. The highest BCUT2D eigenvalue weighted by Gasteiger charge is 2.04. The molecule has 0 heterocycles. The molecule has 1 nitrogen and oxygen atoms in total. The Bertz CT molecular complexity index is 297. The van der Waals surface area contributed by atoms with E-state index in [2.05, 4.69) is 39.8 Å². The molecular formula is C26H52O. The molecule has 0 fully saturated rings. The molecule has 0 bridgehead atoms. The molecule has 0 aromatic carbocycles. The smallest absolute Gasteiger partial charge is 0.0491 e. The molecule has 0 radical (unpaired) electrons. The van der Waals surface area contributed by atoms with Crippen molar-refractivity contribution in [3.8, 4) is 0 Å². The summed E-state index contributed by atoms with van der Waals surface area (Å²) in [6, 6.07) is 0. The summed E-state index contributed by atoms with van der Waals surface area (Å²) in [4.78, 5) is 0. The van der Waals surface area contributed by atoms with E-state index in [9.17, 15) is 0 Å². The maximum Gasteiger partial charge on any atom is 0.0491 e. The van der Waals surface area contributed by atoms with Crippen LogP contribution in [0.15, 0.2) is 12.2 Å². The zero-order valence-electron chi connectivity index (χ0n) is 19.4. The monoisotopic (exact) mass is 380 g/mol. The molecule has 0 aliphatic rings. The van der Waals surface area contributed by atoms with Crippen LogP contribution in [0.4, 0.5) is 0 Å². The molecule has 1 heteroatoms. The first-order valence-corrected chi connectivity index (χ1v) is 12.4. The summed E-state index contributed by atoms with van der Waals surface area (Å²) < 4.78 is 5.87. The maximum atomic E-state index is 5.87. The lowest BCUT2D eigenvalue weighted by Gasteiger charge is -2.13. The third kappa shape index (κ3) is 21.9. The summed E-state index contributed by atoms with van der Waals surface area (Å²) >= 11 is 0. The molecule has 0 saturated heterocycles. The van der Waals surface area contributed by atoms with Gasteiger partial charge in [0.1, 0.15) is 0 Å². The summed E-state index contributed by atoms with van der Waals surface area (Å²) in [5, 5.41) is 0. The minimum atomic E-state index is 0.728. The first-order chi connectivity index (χ1) is 13.2. The molecule has 0 saturated carbocycles. The minimum absolute atomic E-state index is 0.728. The Morgan fingerprint density at radius 2 is 1.19 bits per heavy atom. The van der Waals surface area contributed by atoms with Gasteiger partial charge in [-0.25, -0.2) is 0 Å². The van der Waals surface area contributed by atoms with Crippen LogP contribution in [-0.2, 0) is 4.74 Å². The van der Waals surface area contributed by atoms with Crippen molar-refractivity contribution in [1.29, 1.82) is 0 Å². The molecule has 0 spiro atoms. The number of rotatable bonds is 21. The Balaban J connectivity index is 3.20. The van der Waals surface area contributed by atoms with Crippen LogP contribution in [0.1, 0.15) is 130 Å². The zero-order chi connectivity index (χ0) is 20.0. The second kappa shape index (κ2) is 22.0. The van der Waals surface area contributed by atoms with Crippen LogP contribution in [0.25, 0.3) is 0 Å². The van der Waals surface area contributed by atoms with Gasteiger partial charge in [-0.05, 0) is 50.4 Å². The van der Waals surface area contributed by atoms with Gasteiger partial charge in [0.2, 0.25) is 0 Å². The molecule has 162 valence electrons. The highest BCUT2D eigenvalue weighted by Crippen LogP contribution is 2.15. The van der Waals surface area contributed by atoms with Gasteiger partial charge >= 0.3 is 0 Å². The van der Waals surface area contributed by atoms with Gasteiger partial charge in [-0.15, -0.1) is 0 Å². The van der Waals surface area contributed by atoms with Crippen molar-refractivity contribution in [2.24, 2.45) is 11.8 Å². The van der Waals surface area contributed by atoms with Crippen LogP contribution in [0.3, 0.4) is 0 Å². The molecule has 0 rings (SSSR count). The Hall–Kier alpha value is -0.300. The summed E-state index contributed by atoms with van der Waals surface area (Å²) in [5.41, 5.74) is 0. The first kappa shape index (κ1) is 26.7. The number of hydrogen-bond donors (Lipinski definition) is 0. The van der Waals surface area contributed by atoms with Crippen molar-refractivity contribution >= 4 is 0 Å². The van der Waals surface area contributed by atoms with Crippen LogP contribution >= 0.6 is 0 Å². The average molecular weight is 381 g/mol. The van der Waals surface area contributed by atoms with E-state index in [-0.39, 0.29) is 0 Å². The summed E-state index contributed by atoms with van der Waals surface area (Å²) in [6.45, 7) is 11.2. The Labute approximate surface area is 172 Å². The topological polar surface area (TPSA) is 9.23 Å². The predicted octanol–water partition coefficient (Wildman–Crippen LogP) is 9.11. The molecule has 0 aliphatic carbocycles. The third-order valence-electron chi connectivity index (χ3n) is 5.79. The second-order valence-corrected chi connectivity index (χ2v) is 8.86. The van der Waals surface area contributed by atoms with Crippen molar-refractivity contribution in [3.63, 3.8) is 0 Å². The van der Waals surface area contributed by atoms with Crippen molar-refractivity contribution in [1.82, 2.24) is 0 Å². The minimum Gasteiger partial charge on any atom is -0.381 e. The highest BCUT2D eigenvalue weighted by atomic mass is 16.5. The van der Waals surface area contributed by atoms with Gasteiger partial charge in [0, 0.05) is 13.2 Å². The largest absolute Gasteiger partial charge is 0.381 e. The molecule has 0 aromatic rings. The average Bonchev–Trinajstić information content (AvgIpc) is 2.67. The standard InChI is InChI=1S/C26H52O/c1-5-7-8-9-10-11-12-13-14-15-16-17-18-19-23-27-24-26(4)22-20-21-25(3)6-2/h13-14,25-26H,5-12,15-24H2,1-4H3/b14-13+. The van der Waals surface area contributed by atoms with E-state index in [1.807, 2.05) is 0 Å². The Morgan fingerprint density at radius 1 is 0.630 bits per heavy atom. The van der Waals surface area contributed by atoms with Gasteiger partial charge in [-0.1, -0.05) is 104 Å². The van der Waals surface area contributed by atoms with Crippen LogP contribution in [-0.4, -0.2) is 13.2 Å². The van der Waals surface area contributed by atoms with Gasteiger partial charge in [-0.3, -0.25) is 0 Å². The van der Waals surface area contributed by atoms with E-state index < -0.39 is 0 Å². The molecule has 0 aromatic heterocycles. The quantitative estimate of drug-likeness (QED) is 0.142. The molecular weight excluding hydrogens is 328 g/mol. The zero-order valence-corrected chi connectivity index (χ0v) is 19.4. The highest BCUT2D eigenvalue weighted by molar-refractivity contribution is 4.81. The van der Waals surface area contributed by atoms with Gasteiger partial charge in [0.15, 0.2) is 0 Å². The number of allylic oxidation sites excluding steroid dienone is 2. The van der Waals surface area contributed by atoms with Crippen LogP contribution in [0.2, 0.25) is 0 Å².